The molecule has 0 bridgehead atoms. The minimum atomic E-state index is -0.803. The fourth-order valence-electron chi connectivity index (χ4n) is 1.90. The zero-order valence-corrected chi connectivity index (χ0v) is 10.9. The number of hydrogen-bond acceptors (Lipinski definition) is 2. The van der Waals surface area contributed by atoms with Gasteiger partial charge in [0.2, 0.25) is 0 Å². The number of hydrogen-bond donors (Lipinski definition) is 1. The summed E-state index contributed by atoms with van der Waals surface area (Å²) in [5.74, 6) is -0.606. The summed E-state index contributed by atoms with van der Waals surface area (Å²) in [6.45, 7) is 6.05. The standard InChI is InChI=1S/C14H20FNO2/c1-11(2)9-16(7-6-14(17)18)10-12-4-3-5-13(15)8-12/h3-5,8,11H,6-7,9-10H2,1-2H3,(H,17,18). The van der Waals surface area contributed by atoms with E-state index in [4.69, 9.17) is 5.11 Å². The minimum absolute atomic E-state index is 0.113. The van der Waals surface area contributed by atoms with Crippen LogP contribution in [0.1, 0.15) is 25.8 Å². The molecule has 0 radical (unpaired) electrons. The monoisotopic (exact) mass is 253 g/mol. The van der Waals surface area contributed by atoms with Crippen LogP contribution in [0.5, 0.6) is 0 Å². The summed E-state index contributed by atoms with van der Waals surface area (Å²) in [7, 11) is 0. The number of nitrogens with zero attached hydrogens (tertiary/aromatic N) is 1. The molecule has 0 saturated heterocycles. The lowest BCUT2D eigenvalue weighted by molar-refractivity contribution is -0.137. The molecule has 0 unspecified atom stereocenters. The van der Waals surface area contributed by atoms with Crippen LogP contribution in [0.25, 0.3) is 0 Å². The van der Waals surface area contributed by atoms with Crippen LogP contribution in [-0.2, 0) is 11.3 Å². The largest absolute Gasteiger partial charge is 0.481 e. The number of carbonyl (C=O) groups is 1. The van der Waals surface area contributed by atoms with E-state index in [1.165, 1.54) is 12.1 Å². The molecule has 100 valence electrons. The van der Waals surface area contributed by atoms with Crippen LogP contribution < -0.4 is 0 Å². The van der Waals surface area contributed by atoms with Crippen molar-refractivity contribution in [3.05, 3.63) is 35.6 Å². The van der Waals surface area contributed by atoms with Crippen molar-refractivity contribution < 1.29 is 14.3 Å². The number of aliphatic carboxylic acids is 1. The third-order valence-electron chi connectivity index (χ3n) is 2.56. The maximum absolute atomic E-state index is 13.1. The molecule has 0 aliphatic rings. The first-order chi connectivity index (χ1) is 8.47. The van der Waals surface area contributed by atoms with Gasteiger partial charge in [-0.15, -0.1) is 0 Å². The van der Waals surface area contributed by atoms with Crippen molar-refractivity contribution in [1.82, 2.24) is 4.90 Å². The van der Waals surface area contributed by atoms with Gasteiger partial charge < -0.3 is 5.11 Å². The van der Waals surface area contributed by atoms with E-state index in [0.29, 0.717) is 19.0 Å². The van der Waals surface area contributed by atoms with Crippen molar-refractivity contribution in [3.63, 3.8) is 0 Å². The molecule has 0 aliphatic carbocycles. The van der Waals surface area contributed by atoms with Gasteiger partial charge in [-0.2, -0.15) is 0 Å². The molecular weight excluding hydrogens is 233 g/mol. The van der Waals surface area contributed by atoms with E-state index >= 15 is 0 Å². The second kappa shape index (κ2) is 7.11. The van der Waals surface area contributed by atoms with E-state index in [0.717, 1.165) is 12.1 Å². The Kier molecular flexibility index (Phi) is 5.78. The molecule has 0 atom stereocenters. The highest BCUT2D eigenvalue weighted by atomic mass is 19.1. The van der Waals surface area contributed by atoms with E-state index in [1.54, 1.807) is 6.07 Å². The molecular formula is C14H20FNO2. The Morgan fingerprint density at radius 3 is 2.72 bits per heavy atom. The van der Waals surface area contributed by atoms with Gasteiger partial charge in [-0.3, -0.25) is 9.69 Å². The van der Waals surface area contributed by atoms with Crippen molar-refractivity contribution >= 4 is 5.97 Å². The maximum Gasteiger partial charge on any atom is 0.304 e. The van der Waals surface area contributed by atoms with Gasteiger partial charge in [0.1, 0.15) is 5.82 Å². The summed E-state index contributed by atoms with van der Waals surface area (Å²) < 4.78 is 13.1. The Balaban J connectivity index is 2.62. The average Bonchev–Trinajstić information content (AvgIpc) is 2.25. The van der Waals surface area contributed by atoms with Crippen molar-refractivity contribution in [3.8, 4) is 0 Å². The predicted octanol–water partition coefficient (Wildman–Crippen LogP) is 2.76. The third-order valence-corrected chi connectivity index (χ3v) is 2.56. The van der Waals surface area contributed by atoms with Crippen molar-refractivity contribution in [2.75, 3.05) is 13.1 Å². The maximum atomic E-state index is 13.1. The van der Waals surface area contributed by atoms with Gasteiger partial charge in [0.15, 0.2) is 0 Å². The first-order valence-electron chi connectivity index (χ1n) is 6.16. The Morgan fingerprint density at radius 1 is 1.44 bits per heavy atom. The van der Waals surface area contributed by atoms with Crippen LogP contribution in [0.2, 0.25) is 0 Å². The lowest BCUT2D eigenvalue weighted by atomic mass is 10.1. The van der Waals surface area contributed by atoms with Crippen molar-refractivity contribution in [2.24, 2.45) is 5.92 Å². The van der Waals surface area contributed by atoms with Crippen molar-refractivity contribution in [2.45, 2.75) is 26.8 Å². The third kappa shape index (κ3) is 5.77. The first-order valence-corrected chi connectivity index (χ1v) is 6.16. The van der Waals surface area contributed by atoms with Crippen LogP contribution in [0, 0.1) is 11.7 Å². The molecule has 0 spiro atoms. The fraction of sp³-hybridized carbons (Fsp3) is 0.500. The lowest BCUT2D eigenvalue weighted by Gasteiger charge is -2.23. The van der Waals surface area contributed by atoms with Gasteiger partial charge in [-0.05, 0) is 23.6 Å². The molecule has 0 amide bonds. The molecule has 1 aromatic rings. The molecule has 0 aliphatic heterocycles. The summed E-state index contributed by atoms with van der Waals surface area (Å²) in [5, 5.41) is 8.72. The molecule has 1 N–H and O–H groups in total. The number of halogens is 1. The predicted molar refractivity (Wildman–Crippen MR) is 68.8 cm³/mol. The molecule has 1 rings (SSSR count). The zero-order chi connectivity index (χ0) is 13.5. The highest BCUT2D eigenvalue weighted by Crippen LogP contribution is 2.09. The quantitative estimate of drug-likeness (QED) is 0.812. The number of carboxylic acid groups (broad SMARTS) is 1. The van der Waals surface area contributed by atoms with E-state index < -0.39 is 5.97 Å². The van der Waals surface area contributed by atoms with Crippen molar-refractivity contribution in [1.29, 1.82) is 0 Å². The Bertz CT molecular complexity index is 393. The summed E-state index contributed by atoms with van der Waals surface area (Å²) in [6, 6.07) is 6.44. The van der Waals surface area contributed by atoms with Gasteiger partial charge >= 0.3 is 5.97 Å². The van der Waals surface area contributed by atoms with Crippen LogP contribution in [0.3, 0.4) is 0 Å². The van der Waals surface area contributed by atoms with Gasteiger partial charge in [0.05, 0.1) is 6.42 Å². The van der Waals surface area contributed by atoms with E-state index in [1.807, 2.05) is 11.0 Å². The Labute approximate surface area is 107 Å². The average molecular weight is 253 g/mol. The second-order valence-corrected chi connectivity index (χ2v) is 4.90. The van der Waals surface area contributed by atoms with Crippen LogP contribution in [-0.4, -0.2) is 29.1 Å². The minimum Gasteiger partial charge on any atom is -0.481 e. The molecule has 3 nitrogen and oxygen atoms in total. The highest BCUT2D eigenvalue weighted by molar-refractivity contribution is 5.66. The normalized spacial score (nSPS) is 11.2. The van der Waals surface area contributed by atoms with Gasteiger partial charge in [-0.1, -0.05) is 26.0 Å². The fourth-order valence-corrected chi connectivity index (χ4v) is 1.90. The SMILES string of the molecule is CC(C)CN(CCC(=O)O)Cc1cccc(F)c1. The summed E-state index contributed by atoms with van der Waals surface area (Å²) in [6.07, 6.45) is 0.113. The smallest absolute Gasteiger partial charge is 0.304 e. The van der Waals surface area contributed by atoms with Gasteiger partial charge in [0.25, 0.3) is 0 Å². The van der Waals surface area contributed by atoms with E-state index in [-0.39, 0.29) is 12.2 Å². The Hall–Kier alpha value is -1.42. The van der Waals surface area contributed by atoms with Crippen LogP contribution >= 0.6 is 0 Å². The van der Waals surface area contributed by atoms with Crippen LogP contribution in [0.4, 0.5) is 4.39 Å². The lowest BCUT2D eigenvalue weighted by Crippen LogP contribution is -2.29. The first kappa shape index (κ1) is 14.6. The zero-order valence-electron chi connectivity index (χ0n) is 10.9. The van der Waals surface area contributed by atoms with Crippen LogP contribution in [0.15, 0.2) is 24.3 Å². The Morgan fingerprint density at radius 2 is 2.17 bits per heavy atom. The topological polar surface area (TPSA) is 40.5 Å². The number of carboxylic acids is 1. The summed E-state index contributed by atoms with van der Waals surface area (Å²) in [5.41, 5.74) is 0.876. The number of rotatable bonds is 7. The molecule has 1 aromatic carbocycles. The molecule has 0 saturated carbocycles. The van der Waals surface area contributed by atoms with E-state index in [9.17, 15) is 9.18 Å². The second-order valence-electron chi connectivity index (χ2n) is 4.90. The highest BCUT2D eigenvalue weighted by Gasteiger charge is 2.10. The van der Waals surface area contributed by atoms with E-state index in [2.05, 4.69) is 13.8 Å². The molecule has 0 aromatic heterocycles. The summed E-state index contributed by atoms with van der Waals surface area (Å²) in [4.78, 5) is 12.7. The molecule has 18 heavy (non-hydrogen) atoms. The summed E-state index contributed by atoms with van der Waals surface area (Å²) >= 11 is 0. The number of benzene rings is 1. The molecule has 4 heteroatoms. The molecule has 0 heterocycles. The molecule has 0 fully saturated rings. The van der Waals surface area contributed by atoms with Gasteiger partial charge in [0, 0.05) is 19.6 Å². The van der Waals surface area contributed by atoms with Gasteiger partial charge in [-0.25, -0.2) is 4.39 Å².